The van der Waals surface area contributed by atoms with Crippen LogP contribution in [0, 0.1) is 5.82 Å². The van der Waals surface area contributed by atoms with Gasteiger partial charge in [0.2, 0.25) is 25.8 Å². The maximum Gasteiger partial charge on any atom is 0.335 e. The first-order valence-corrected chi connectivity index (χ1v) is 10.7. The lowest BCUT2D eigenvalue weighted by Gasteiger charge is -2.04. The van der Waals surface area contributed by atoms with Gasteiger partial charge in [-0.1, -0.05) is 41.5 Å². The van der Waals surface area contributed by atoms with Crippen LogP contribution in [0.25, 0.3) is 0 Å². The summed E-state index contributed by atoms with van der Waals surface area (Å²) < 4.78 is 69.7. The molecule has 27 heavy (non-hydrogen) atoms. The highest BCUT2D eigenvalue weighted by atomic mass is 32.2. The molecular formula is C16H14FN3O5S2. The molecule has 3 rings (SSSR count). The molecule has 0 saturated heterocycles. The lowest BCUT2D eigenvalue weighted by atomic mass is 10.2. The van der Waals surface area contributed by atoms with E-state index in [0.29, 0.717) is 0 Å². The summed E-state index contributed by atoms with van der Waals surface area (Å²) in [5, 5.41) is 6.24. The second-order valence-corrected chi connectivity index (χ2v) is 9.08. The van der Waals surface area contributed by atoms with Gasteiger partial charge in [0, 0.05) is 5.56 Å². The predicted octanol–water partition coefficient (Wildman–Crippen LogP) is 1.66. The Morgan fingerprint density at radius 1 is 0.926 bits per heavy atom. The SMILES string of the molecule is O=S(=O)(Cc1ccccc1F)c1nnc(CNS(=O)(=O)c2ccccc2)o1. The molecule has 0 spiro atoms. The van der Waals surface area contributed by atoms with Crippen LogP contribution in [0.2, 0.25) is 0 Å². The van der Waals surface area contributed by atoms with Crippen molar-refractivity contribution in [3.05, 3.63) is 71.9 Å². The summed E-state index contributed by atoms with van der Waals surface area (Å²) in [7, 11) is -7.89. The van der Waals surface area contributed by atoms with Crippen LogP contribution in [0.4, 0.5) is 4.39 Å². The average Bonchev–Trinajstić information content (AvgIpc) is 3.13. The minimum atomic E-state index is -4.08. The van der Waals surface area contributed by atoms with E-state index in [0.717, 1.165) is 6.07 Å². The predicted molar refractivity (Wildman–Crippen MR) is 92.1 cm³/mol. The fraction of sp³-hybridized carbons (Fsp3) is 0.125. The zero-order chi connectivity index (χ0) is 19.5. The highest BCUT2D eigenvalue weighted by Crippen LogP contribution is 2.17. The Balaban J connectivity index is 1.72. The molecule has 0 unspecified atom stereocenters. The maximum atomic E-state index is 13.6. The third-order valence-electron chi connectivity index (χ3n) is 3.48. The molecule has 1 N–H and O–H groups in total. The smallest absolute Gasteiger partial charge is 0.335 e. The van der Waals surface area contributed by atoms with Crippen LogP contribution >= 0.6 is 0 Å². The zero-order valence-corrected chi connectivity index (χ0v) is 15.4. The Hall–Kier alpha value is -2.63. The first kappa shape index (κ1) is 19.1. The minimum absolute atomic E-state index is 0.0388. The Labute approximate surface area is 155 Å². The van der Waals surface area contributed by atoms with Crippen molar-refractivity contribution in [3.63, 3.8) is 0 Å². The minimum Gasteiger partial charge on any atom is -0.411 e. The molecular weight excluding hydrogens is 397 g/mol. The van der Waals surface area contributed by atoms with E-state index >= 15 is 0 Å². The number of nitrogens with one attached hydrogen (secondary N) is 1. The van der Waals surface area contributed by atoms with Crippen molar-refractivity contribution in [2.24, 2.45) is 0 Å². The van der Waals surface area contributed by atoms with Gasteiger partial charge in [-0.2, -0.15) is 0 Å². The summed E-state index contributed by atoms with van der Waals surface area (Å²) in [4.78, 5) is 0.0388. The molecule has 2 aromatic carbocycles. The summed E-state index contributed by atoms with van der Waals surface area (Å²) in [6, 6.07) is 13.0. The van der Waals surface area contributed by atoms with Gasteiger partial charge < -0.3 is 4.42 Å². The second-order valence-electron chi connectivity index (χ2n) is 5.45. The molecule has 0 aliphatic rings. The molecule has 0 bridgehead atoms. The number of nitrogens with zero attached hydrogens (tertiary/aromatic N) is 2. The molecule has 0 aliphatic carbocycles. The normalized spacial score (nSPS) is 12.2. The molecule has 0 aliphatic heterocycles. The molecule has 0 saturated carbocycles. The largest absolute Gasteiger partial charge is 0.411 e. The number of hydrogen-bond donors (Lipinski definition) is 1. The Morgan fingerprint density at radius 3 is 2.30 bits per heavy atom. The van der Waals surface area contributed by atoms with Crippen LogP contribution in [0.3, 0.4) is 0 Å². The maximum absolute atomic E-state index is 13.6. The standard InChI is InChI=1S/C16H14FN3O5S2/c17-14-9-5-4-6-12(14)11-26(21,22)16-20-19-15(25-16)10-18-27(23,24)13-7-2-1-3-8-13/h1-9,18H,10-11H2. The zero-order valence-electron chi connectivity index (χ0n) is 13.7. The van der Waals surface area contributed by atoms with Crippen LogP contribution in [0.5, 0.6) is 0 Å². The number of sulfonamides is 1. The summed E-state index contributed by atoms with van der Waals surface area (Å²) >= 11 is 0. The summed E-state index contributed by atoms with van der Waals surface area (Å²) in [5.74, 6) is -1.56. The summed E-state index contributed by atoms with van der Waals surface area (Å²) in [6.45, 7) is -0.389. The summed E-state index contributed by atoms with van der Waals surface area (Å²) in [5.41, 5.74) is -0.0398. The van der Waals surface area contributed by atoms with E-state index in [1.54, 1.807) is 18.2 Å². The van der Waals surface area contributed by atoms with Crippen molar-refractivity contribution in [3.8, 4) is 0 Å². The van der Waals surface area contributed by atoms with E-state index in [-0.39, 0.29) is 22.9 Å². The van der Waals surface area contributed by atoms with Gasteiger partial charge in [0.15, 0.2) is 0 Å². The number of sulfone groups is 1. The van der Waals surface area contributed by atoms with E-state index in [9.17, 15) is 21.2 Å². The average molecular weight is 411 g/mol. The van der Waals surface area contributed by atoms with Crippen LogP contribution in [-0.4, -0.2) is 27.0 Å². The second kappa shape index (κ2) is 7.55. The first-order valence-electron chi connectivity index (χ1n) is 7.61. The molecule has 0 atom stereocenters. The number of hydrogen-bond acceptors (Lipinski definition) is 7. The van der Waals surface area contributed by atoms with Crippen molar-refractivity contribution in [2.45, 2.75) is 22.4 Å². The lowest BCUT2D eigenvalue weighted by Crippen LogP contribution is -2.23. The monoisotopic (exact) mass is 411 g/mol. The molecule has 1 heterocycles. The van der Waals surface area contributed by atoms with Crippen LogP contribution in [0.15, 0.2) is 69.1 Å². The van der Waals surface area contributed by atoms with Gasteiger partial charge in [-0.15, -0.1) is 5.10 Å². The van der Waals surface area contributed by atoms with Crippen molar-refractivity contribution in [1.29, 1.82) is 0 Å². The molecule has 8 nitrogen and oxygen atoms in total. The number of halogens is 1. The third kappa shape index (κ3) is 4.56. The van der Waals surface area contributed by atoms with E-state index in [1.165, 1.54) is 30.3 Å². The van der Waals surface area contributed by atoms with Gasteiger partial charge in [0.1, 0.15) is 5.82 Å². The third-order valence-corrected chi connectivity index (χ3v) is 6.29. The molecule has 11 heteroatoms. The van der Waals surface area contributed by atoms with E-state index < -0.39 is 36.7 Å². The number of aromatic nitrogens is 2. The quantitative estimate of drug-likeness (QED) is 0.628. The van der Waals surface area contributed by atoms with E-state index in [2.05, 4.69) is 14.9 Å². The fourth-order valence-electron chi connectivity index (χ4n) is 2.16. The van der Waals surface area contributed by atoms with Gasteiger partial charge in [-0.3, -0.25) is 0 Å². The van der Waals surface area contributed by atoms with Crippen LogP contribution in [0.1, 0.15) is 11.5 Å². The topological polar surface area (TPSA) is 119 Å². The molecule has 1 aromatic heterocycles. The van der Waals surface area contributed by atoms with Gasteiger partial charge in [-0.25, -0.2) is 25.9 Å². The van der Waals surface area contributed by atoms with Gasteiger partial charge in [0.05, 0.1) is 17.2 Å². The molecule has 0 fully saturated rings. The molecule has 0 radical (unpaired) electrons. The Morgan fingerprint density at radius 2 is 1.59 bits per heavy atom. The number of rotatable bonds is 7. The van der Waals surface area contributed by atoms with Crippen molar-refractivity contribution in [1.82, 2.24) is 14.9 Å². The Bertz CT molecular complexity index is 1150. The van der Waals surface area contributed by atoms with Gasteiger partial charge in [0.25, 0.3) is 0 Å². The van der Waals surface area contributed by atoms with Crippen LogP contribution in [-0.2, 0) is 32.2 Å². The van der Waals surface area contributed by atoms with Crippen molar-refractivity contribution >= 4 is 19.9 Å². The van der Waals surface area contributed by atoms with Gasteiger partial charge in [-0.05, 0) is 18.2 Å². The molecule has 3 aromatic rings. The highest BCUT2D eigenvalue weighted by molar-refractivity contribution is 7.90. The van der Waals surface area contributed by atoms with E-state index in [1.807, 2.05) is 0 Å². The molecule has 0 amide bonds. The lowest BCUT2D eigenvalue weighted by molar-refractivity contribution is 0.393. The van der Waals surface area contributed by atoms with Crippen molar-refractivity contribution < 1.29 is 25.6 Å². The first-order chi connectivity index (χ1) is 12.8. The van der Waals surface area contributed by atoms with E-state index in [4.69, 9.17) is 4.42 Å². The number of benzene rings is 2. The van der Waals surface area contributed by atoms with Crippen LogP contribution < -0.4 is 4.72 Å². The fourth-order valence-corrected chi connectivity index (χ4v) is 4.31. The Kier molecular flexibility index (Phi) is 5.35. The van der Waals surface area contributed by atoms with Crippen molar-refractivity contribution in [2.75, 3.05) is 0 Å². The highest BCUT2D eigenvalue weighted by Gasteiger charge is 2.25. The summed E-state index contributed by atoms with van der Waals surface area (Å²) in [6.07, 6.45) is 0. The van der Waals surface area contributed by atoms with Gasteiger partial charge >= 0.3 is 5.22 Å². The molecule has 142 valence electrons.